The van der Waals surface area contributed by atoms with Gasteiger partial charge in [-0.2, -0.15) is 5.26 Å². The zero-order valence-electron chi connectivity index (χ0n) is 20.0. The summed E-state index contributed by atoms with van der Waals surface area (Å²) in [6.07, 6.45) is 0. The molecule has 0 amide bonds. The van der Waals surface area contributed by atoms with E-state index in [4.69, 9.17) is 4.98 Å². The van der Waals surface area contributed by atoms with E-state index in [9.17, 15) is 18.5 Å². The molecule has 0 radical (unpaired) electrons. The summed E-state index contributed by atoms with van der Waals surface area (Å²) in [5, 5.41) is 10.6. The van der Waals surface area contributed by atoms with Crippen molar-refractivity contribution in [3.05, 3.63) is 82.5 Å². The van der Waals surface area contributed by atoms with Crippen molar-refractivity contribution < 1.29 is 8.42 Å². The number of sulfonamides is 1. The Hall–Kier alpha value is -4.42. The summed E-state index contributed by atoms with van der Waals surface area (Å²) >= 11 is 0. The predicted octanol–water partition coefficient (Wildman–Crippen LogP) is 4.41. The molecule has 3 aromatic carbocycles. The number of benzene rings is 4. The van der Waals surface area contributed by atoms with Gasteiger partial charge < -0.3 is 9.47 Å². The van der Waals surface area contributed by atoms with E-state index in [-0.39, 0.29) is 21.5 Å². The Morgan fingerprint density at radius 1 is 1.06 bits per heavy atom. The van der Waals surface area contributed by atoms with Crippen LogP contribution in [-0.2, 0) is 16.6 Å². The molecule has 0 spiro atoms. The maximum absolute atomic E-state index is 13.5. The highest BCUT2D eigenvalue weighted by Gasteiger charge is 2.26. The Balaban J connectivity index is 1.91. The Morgan fingerprint density at radius 2 is 1.81 bits per heavy atom. The molecule has 1 heterocycles. The minimum atomic E-state index is -3.93. The number of anilines is 2. The molecule has 1 aliphatic heterocycles. The number of nitrogens with one attached hydrogen (secondary N) is 1. The van der Waals surface area contributed by atoms with E-state index in [2.05, 4.69) is 10.8 Å². The van der Waals surface area contributed by atoms with Gasteiger partial charge in [-0.25, -0.2) is 13.4 Å². The van der Waals surface area contributed by atoms with Gasteiger partial charge >= 0.3 is 0 Å². The fourth-order valence-corrected chi connectivity index (χ4v) is 5.60. The van der Waals surface area contributed by atoms with Crippen LogP contribution in [0.2, 0.25) is 0 Å². The van der Waals surface area contributed by atoms with Gasteiger partial charge in [0.1, 0.15) is 11.6 Å². The van der Waals surface area contributed by atoms with Gasteiger partial charge in [-0.3, -0.25) is 9.52 Å². The highest BCUT2D eigenvalue weighted by atomic mass is 32.2. The third kappa shape index (κ3) is 3.63. The lowest BCUT2D eigenvalue weighted by Crippen LogP contribution is -2.19. The van der Waals surface area contributed by atoms with Crippen LogP contribution in [0.25, 0.3) is 33.2 Å². The van der Waals surface area contributed by atoms with Crippen LogP contribution >= 0.6 is 0 Å². The van der Waals surface area contributed by atoms with Gasteiger partial charge in [0.05, 0.1) is 33.0 Å². The lowest BCUT2D eigenvalue weighted by molar-refractivity contribution is 0.601. The first-order chi connectivity index (χ1) is 17.3. The molecule has 36 heavy (non-hydrogen) atoms. The summed E-state index contributed by atoms with van der Waals surface area (Å²) in [5.74, 6) is 0. The van der Waals surface area contributed by atoms with E-state index in [0.29, 0.717) is 28.8 Å². The van der Waals surface area contributed by atoms with Crippen molar-refractivity contribution >= 4 is 43.2 Å². The lowest BCUT2D eigenvalue weighted by Gasteiger charge is -2.22. The summed E-state index contributed by atoms with van der Waals surface area (Å²) in [5.41, 5.74) is 2.89. The number of hydrogen-bond donors (Lipinski definition) is 1. The Kier molecular flexibility index (Phi) is 5.61. The molecule has 0 fully saturated rings. The lowest BCUT2D eigenvalue weighted by atomic mass is 9.97. The molecular formula is C27H23N5O3S. The van der Waals surface area contributed by atoms with Crippen molar-refractivity contribution in [3.8, 4) is 17.5 Å². The maximum atomic E-state index is 13.5. The zero-order valence-corrected chi connectivity index (χ0v) is 20.8. The molecule has 1 N–H and O–H groups in total. The van der Waals surface area contributed by atoms with Gasteiger partial charge in [-0.1, -0.05) is 30.3 Å². The largest absolute Gasteiger partial charge is 0.378 e. The molecule has 8 nitrogen and oxygen atoms in total. The van der Waals surface area contributed by atoms with Crippen LogP contribution in [0.1, 0.15) is 12.5 Å². The molecule has 9 heteroatoms. The van der Waals surface area contributed by atoms with Gasteiger partial charge in [0.2, 0.25) is 5.43 Å². The topological polar surface area (TPSA) is 108 Å². The maximum Gasteiger partial charge on any atom is 0.261 e. The number of fused-ring (bicyclic) bond motifs is 4. The third-order valence-electron chi connectivity index (χ3n) is 6.23. The molecule has 1 aliphatic carbocycles. The van der Waals surface area contributed by atoms with E-state index in [1.807, 2.05) is 48.7 Å². The minimum absolute atomic E-state index is 0.0212. The van der Waals surface area contributed by atoms with Gasteiger partial charge in [0.25, 0.3) is 10.0 Å². The van der Waals surface area contributed by atoms with E-state index in [1.165, 1.54) is 12.1 Å². The van der Waals surface area contributed by atoms with Crippen LogP contribution < -0.4 is 15.1 Å². The minimum Gasteiger partial charge on any atom is -0.378 e. The van der Waals surface area contributed by atoms with Crippen molar-refractivity contribution in [2.45, 2.75) is 18.4 Å². The molecule has 2 aliphatic rings. The highest BCUT2D eigenvalue weighted by molar-refractivity contribution is 7.92. The molecule has 0 saturated heterocycles. The van der Waals surface area contributed by atoms with Crippen LogP contribution in [0.4, 0.5) is 11.4 Å². The quantitative estimate of drug-likeness (QED) is 0.285. The molecule has 0 saturated carbocycles. The van der Waals surface area contributed by atoms with Crippen LogP contribution in [0.3, 0.4) is 0 Å². The average molecular weight is 498 g/mol. The summed E-state index contributed by atoms with van der Waals surface area (Å²) in [6.45, 7) is 2.41. The number of nitriles is 1. The van der Waals surface area contributed by atoms with Gasteiger partial charge in [0, 0.05) is 37.1 Å². The number of aryl methyl sites for hydroxylation is 1. The number of hydrogen-bond acceptors (Lipinski definition) is 6. The standard InChI is InChI=1S/C27H23N5O3S/c1-4-32-23-15-17(31(2)3)13-14-21(23)29-25-24-19(27(33)20(16-28)26(25)32)11-8-12-22(24)30-36(34,35)18-9-6-5-7-10-18/h5-15,30H,4H2,1-3H3. The van der Waals surface area contributed by atoms with Crippen LogP contribution in [0, 0.1) is 11.3 Å². The van der Waals surface area contributed by atoms with Gasteiger partial charge in [-0.05, 0) is 43.3 Å². The molecule has 0 unspecified atom stereocenters. The number of nitrogens with zero attached hydrogens (tertiary/aromatic N) is 4. The fraction of sp³-hybridized carbons (Fsp3) is 0.148. The Labute approximate surface area is 208 Å². The molecule has 0 atom stereocenters. The van der Waals surface area contributed by atoms with Gasteiger partial charge in [0.15, 0.2) is 0 Å². The van der Waals surface area contributed by atoms with E-state index in [0.717, 1.165) is 11.2 Å². The molecule has 5 rings (SSSR count). The van der Waals surface area contributed by atoms with Crippen molar-refractivity contribution in [2.75, 3.05) is 23.7 Å². The Morgan fingerprint density at radius 3 is 2.47 bits per heavy atom. The summed E-state index contributed by atoms with van der Waals surface area (Å²) in [7, 11) is -0.0693. The monoisotopic (exact) mass is 497 g/mol. The highest BCUT2D eigenvalue weighted by Crippen LogP contribution is 2.38. The fourth-order valence-electron chi connectivity index (χ4n) is 4.51. The summed E-state index contributed by atoms with van der Waals surface area (Å²) in [6, 6.07) is 20.7. The van der Waals surface area contributed by atoms with Crippen molar-refractivity contribution in [1.82, 2.24) is 9.55 Å². The van der Waals surface area contributed by atoms with Gasteiger partial charge in [-0.15, -0.1) is 0 Å². The van der Waals surface area contributed by atoms with Crippen molar-refractivity contribution in [1.29, 1.82) is 5.26 Å². The van der Waals surface area contributed by atoms with Crippen LogP contribution in [0.15, 0.2) is 76.4 Å². The zero-order chi connectivity index (χ0) is 25.6. The molecule has 180 valence electrons. The normalized spacial score (nSPS) is 11.6. The van der Waals surface area contributed by atoms with Crippen molar-refractivity contribution in [2.24, 2.45) is 0 Å². The number of rotatable bonds is 5. The van der Waals surface area contributed by atoms with Crippen LogP contribution in [-0.4, -0.2) is 32.1 Å². The smallest absolute Gasteiger partial charge is 0.261 e. The van der Waals surface area contributed by atoms with E-state index < -0.39 is 15.5 Å². The summed E-state index contributed by atoms with van der Waals surface area (Å²) < 4.78 is 30.8. The van der Waals surface area contributed by atoms with Crippen LogP contribution in [0.5, 0.6) is 0 Å². The predicted molar refractivity (Wildman–Crippen MR) is 142 cm³/mol. The third-order valence-corrected chi connectivity index (χ3v) is 7.61. The first-order valence-electron chi connectivity index (χ1n) is 11.3. The number of aromatic nitrogens is 2. The SMILES string of the molecule is CCn1c2c(C#N)c(=O)c3cccc(NS(=O)(=O)c4ccccc4)c3c-2nc2ccc(N(C)C)cc21. The molecule has 0 aromatic heterocycles. The second kappa shape index (κ2) is 8.66. The molecular weight excluding hydrogens is 474 g/mol. The second-order valence-electron chi connectivity index (χ2n) is 8.58. The average Bonchev–Trinajstić information content (AvgIpc) is 2.88. The van der Waals surface area contributed by atoms with E-state index >= 15 is 0 Å². The molecule has 3 aromatic rings. The second-order valence-corrected chi connectivity index (χ2v) is 10.3. The van der Waals surface area contributed by atoms with Crippen molar-refractivity contribution in [3.63, 3.8) is 0 Å². The first-order valence-corrected chi connectivity index (χ1v) is 12.8. The Bertz CT molecular complexity index is 1820. The molecule has 0 bridgehead atoms. The van der Waals surface area contributed by atoms with E-state index in [1.54, 1.807) is 36.4 Å². The summed E-state index contributed by atoms with van der Waals surface area (Å²) in [4.78, 5) is 20.4. The first kappa shape index (κ1) is 23.3.